The molecule has 3 heterocycles. The van der Waals surface area contributed by atoms with Crippen molar-refractivity contribution in [2.45, 2.75) is 37.8 Å². The zero-order valence-corrected chi connectivity index (χ0v) is 16.9. The fourth-order valence-electron chi connectivity index (χ4n) is 4.18. The van der Waals surface area contributed by atoms with Crippen LogP contribution in [0.3, 0.4) is 0 Å². The zero-order chi connectivity index (χ0) is 20.9. The third-order valence-corrected chi connectivity index (χ3v) is 5.89. The molecule has 1 atom stereocenters. The van der Waals surface area contributed by atoms with Crippen LogP contribution in [0, 0.1) is 0 Å². The first-order valence-corrected chi connectivity index (χ1v) is 10.5. The van der Waals surface area contributed by atoms with E-state index in [9.17, 15) is 14.7 Å². The summed E-state index contributed by atoms with van der Waals surface area (Å²) in [7, 11) is 0. The summed E-state index contributed by atoms with van der Waals surface area (Å²) in [5.74, 6) is 0.691. The molecule has 2 amide bonds. The fourth-order valence-corrected chi connectivity index (χ4v) is 4.18. The number of amides is 2. The average molecular weight is 409 g/mol. The Morgan fingerprint density at radius 3 is 2.43 bits per heavy atom. The lowest BCUT2D eigenvalue weighted by molar-refractivity contribution is 0.0595. The maximum absolute atomic E-state index is 12.7. The molecule has 1 N–H and O–H groups in total. The van der Waals surface area contributed by atoms with Crippen LogP contribution in [0.1, 0.15) is 46.4 Å². The number of hydrogen-bond donors (Lipinski definition) is 1. The molecule has 2 aliphatic rings. The third kappa shape index (κ3) is 4.46. The van der Waals surface area contributed by atoms with Crippen LogP contribution in [0.2, 0.25) is 0 Å². The fraction of sp³-hybridized carbons (Fsp3) is 0.435. The number of aromatic nitrogens is 1. The normalized spacial score (nSPS) is 19.7. The molecular weight excluding hydrogens is 382 g/mol. The molecule has 4 rings (SSSR count). The molecule has 2 aliphatic heterocycles. The van der Waals surface area contributed by atoms with Gasteiger partial charge in [-0.2, -0.15) is 0 Å². The number of aliphatic hydroxyl groups is 1. The van der Waals surface area contributed by atoms with Crippen molar-refractivity contribution in [1.29, 1.82) is 0 Å². The first kappa shape index (κ1) is 20.3. The van der Waals surface area contributed by atoms with Crippen LogP contribution in [0.5, 0.6) is 5.75 Å². The summed E-state index contributed by atoms with van der Waals surface area (Å²) in [6.45, 7) is 1.99. The highest BCUT2D eigenvalue weighted by Crippen LogP contribution is 2.23. The van der Waals surface area contributed by atoms with Gasteiger partial charge in [-0.15, -0.1) is 0 Å². The Hall–Kier alpha value is -2.93. The summed E-state index contributed by atoms with van der Waals surface area (Å²) < 4.78 is 6.08. The number of carbonyl (C=O) groups is 2. The van der Waals surface area contributed by atoms with E-state index < -0.39 is 0 Å². The number of carbonyl (C=O) groups excluding carboxylic acids is 2. The van der Waals surface area contributed by atoms with Gasteiger partial charge in [-0.25, -0.2) is 0 Å². The molecule has 0 aliphatic carbocycles. The number of nitrogens with zero attached hydrogens (tertiary/aromatic N) is 3. The SMILES string of the molecule is O=C(c1cccnc1)N1CCC(Oc2ccc(C(=O)N3CCC[C@H]3CO)cc2)CC1. The summed E-state index contributed by atoms with van der Waals surface area (Å²) in [6, 6.07) is 10.7. The van der Waals surface area contributed by atoms with Gasteiger partial charge < -0.3 is 19.6 Å². The minimum Gasteiger partial charge on any atom is -0.490 e. The lowest BCUT2D eigenvalue weighted by atomic mass is 10.1. The van der Waals surface area contributed by atoms with Gasteiger partial charge in [0.2, 0.25) is 0 Å². The lowest BCUT2D eigenvalue weighted by Gasteiger charge is -2.32. The van der Waals surface area contributed by atoms with E-state index >= 15 is 0 Å². The molecule has 1 aromatic heterocycles. The highest BCUT2D eigenvalue weighted by Gasteiger charge is 2.29. The number of hydrogen-bond acceptors (Lipinski definition) is 5. The van der Waals surface area contributed by atoms with Crippen molar-refractivity contribution in [1.82, 2.24) is 14.8 Å². The van der Waals surface area contributed by atoms with Crippen LogP contribution in [-0.4, -0.2) is 70.1 Å². The van der Waals surface area contributed by atoms with E-state index in [1.807, 2.05) is 17.0 Å². The Bertz CT molecular complexity index is 864. The second-order valence-electron chi connectivity index (χ2n) is 7.85. The summed E-state index contributed by atoms with van der Waals surface area (Å²) in [6.07, 6.45) is 6.61. The van der Waals surface area contributed by atoms with Crippen molar-refractivity contribution in [3.05, 3.63) is 59.9 Å². The van der Waals surface area contributed by atoms with Gasteiger partial charge in [0.15, 0.2) is 0 Å². The Morgan fingerprint density at radius 2 is 1.77 bits per heavy atom. The molecule has 0 saturated carbocycles. The van der Waals surface area contributed by atoms with E-state index in [2.05, 4.69) is 4.98 Å². The number of rotatable bonds is 5. The highest BCUT2D eigenvalue weighted by molar-refractivity contribution is 5.95. The van der Waals surface area contributed by atoms with Gasteiger partial charge in [-0.05, 0) is 49.2 Å². The topological polar surface area (TPSA) is 83.0 Å². The smallest absolute Gasteiger partial charge is 0.255 e. The van der Waals surface area contributed by atoms with Crippen LogP contribution < -0.4 is 4.74 Å². The minimum atomic E-state index is -0.0759. The van der Waals surface area contributed by atoms with Gasteiger partial charge in [0, 0.05) is 50.4 Å². The quantitative estimate of drug-likeness (QED) is 0.820. The van der Waals surface area contributed by atoms with Crippen LogP contribution in [0.25, 0.3) is 0 Å². The second kappa shape index (κ2) is 9.26. The van der Waals surface area contributed by atoms with Crippen molar-refractivity contribution in [2.24, 2.45) is 0 Å². The first-order chi connectivity index (χ1) is 14.7. The standard InChI is InChI=1S/C23H27N3O4/c27-16-19-4-2-12-26(19)23(29)17-5-7-20(8-6-17)30-21-9-13-25(14-10-21)22(28)18-3-1-11-24-15-18/h1,3,5-8,11,15,19,21,27H,2,4,9-10,12-14,16H2/t19-/m0/s1. The molecule has 2 aromatic rings. The van der Waals surface area contributed by atoms with E-state index in [0.717, 1.165) is 31.4 Å². The third-order valence-electron chi connectivity index (χ3n) is 5.89. The van der Waals surface area contributed by atoms with Crippen molar-refractivity contribution >= 4 is 11.8 Å². The monoisotopic (exact) mass is 409 g/mol. The predicted octanol–water partition coefficient (Wildman–Crippen LogP) is 2.36. The van der Waals surface area contributed by atoms with E-state index in [0.29, 0.717) is 30.8 Å². The number of likely N-dealkylation sites (tertiary alicyclic amines) is 2. The number of ether oxygens (including phenoxy) is 1. The van der Waals surface area contributed by atoms with Crippen LogP contribution in [-0.2, 0) is 0 Å². The lowest BCUT2D eigenvalue weighted by Crippen LogP contribution is -2.41. The van der Waals surface area contributed by atoms with Gasteiger partial charge in [0.05, 0.1) is 18.2 Å². The van der Waals surface area contributed by atoms with Gasteiger partial charge in [0.1, 0.15) is 11.9 Å². The van der Waals surface area contributed by atoms with E-state index in [1.54, 1.807) is 41.6 Å². The van der Waals surface area contributed by atoms with Crippen LogP contribution in [0.15, 0.2) is 48.8 Å². The van der Waals surface area contributed by atoms with Gasteiger partial charge >= 0.3 is 0 Å². The van der Waals surface area contributed by atoms with Gasteiger partial charge in [-0.3, -0.25) is 14.6 Å². The molecule has 2 saturated heterocycles. The summed E-state index contributed by atoms with van der Waals surface area (Å²) in [5, 5.41) is 9.43. The first-order valence-electron chi connectivity index (χ1n) is 10.5. The number of pyridine rings is 1. The predicted molar refractivity (Wildman–Crippen MR) is 111 cm³/mol. The number of aliphatic hydroxyl groups excluding tert-OH is 1. The summed E-state index contributed by atoms with van der Waals surface area (Å²) >= 11 is 0. The van der Waals surface area contributed by atoms with Crippen molar-refractivity contribution < 1.29 is 19.4 Å². The molecule has 2 fully saturated rings. The van der Waals surface area contributed by atoms with Crippen molar-refractivity contribution in [3.63, 3.8) is 0 Å². The molecule has 0 unspecified atom stereocenters. The van der Waals surface area contributed by atoms with Gasteiger partial charge in [0.25, 0.3) is 11.8 Å². The molecule has 30 heavy (non-hydrogen) atoms. The molecule has 7 nitrogen and oxygen atoms in total. The van der Waals surface area contributed by atoms with Crippen LogP contribution in [0.4, 0.5) is 0 Å². The van der Waals surface area contributed by atoms with Crippen LogP contribution >= 0.6 is 0 Å². The van der Waals surface area contributed by atoms with Crippen molar-refractivity contribution in [2.75, 3.05) is 26.2 Å². The number of benzene rings is 1. The van der Waals surface area contributed by atoms with Crippen molar-refractivity contribution in [3.8, 4) is 5.75 Å². The molecule has 158 valence electrons. The molecule has 0 spiro atoms. The van der Waals surface area contributed by atoms with E-state index in [-0.39, 0.29) is 30.6 Å². The average Bonchev–Trinajstić information content (AvgIpc) is 3.29. The zero-order valence-electron chi connectivity index (χ0n) is 16.9. The Kier molecular flexibility index (Phi) is 6.28. The maximum Gasteiger partial charge on any atom is 0.255 e. The highest BCUT2D eigenvalue weighted by atomic mass is 16.5. The molecule has 0 bridgehead atoms. The number of piperidine rings is 1. The molecule has 1 aromatic carbocycles. The molecular formula is C23H27N3O4. The molecule has 0 radical (unpaired) electrons. The van der Waals surface area contributed by atoms with E-state index in [1.165, 1.54) is 0 Å². The maximum atomic E-state index is 12.7. The minimum absolute atomic E-state index is 0.00696. The summed E-state index contributed by atoms with van der Waals surface area (Å²) in [4.78, 5) is 32.8. The molecule has 7 heteroatoms. The Labute approximate surface area is 176 Å². The largest absolute Gasteiger partial charge is 0.490 e. The summed E-state index contributed by atoms with van der Waals surface area (Å²) in [5.41, 5.74) is 1.22. The second-order valence-corrected chi connectivity index (χ2v) is 7.85. The van der Waals surface area contributed by atoms with Gasteiger partial charge in [-0.1, -0.05) is 0 Å². The van der Waals surface area contributed by atoms with E-state index in [4.69, 9.17) is 4.74 Å². The Morgan fingerprint density at radius 1 is 1.00 bits per heavy atom. The Balaban J connectivity index is 1.29.